The van der Waals surface area contributed by atoms with E-state index in [1.54, 1.807) is 0 Å². The van der Waals surface area contributed by atoms with Gasteiger partial charge in [0.05, 0.1) is 30.7 Å². The minimum atomic E-state index is -0.570. The topological polar surface area (TPSA) is 78.5 Å². The Hall–Kier alpha value is -1.77. The summed E-state index contributed by atoms with van der Waals surface area (Å²) in [5.41, 5.74) is 1.60. The van der Waals surface area contributed by atoms with Crippen molar-refractivity contribution in [3.05, 3.63) is 50.8 Å². The Kier molecular flexibility index (Phi) is 6.55. The molecule has 4 rings (SSSR count). The van der Waals surface area contributed by atoms with Gasteiger partial charge in [-0.1, -0.05) is 23.7 Å². The fourth-order valence-electron chi connectivity index (χ4n) is 3.54. The first-order valence-corrected chi connectivity index (χ1v) is 11.5. The van der Waals surface area contributed by atoms with Gasteiger partial charge < -0.3 is 14.8 Å². The van der Waals surface area contributed by atoms with Crippen LogP contribution >= 0.6 is 22.9 Å². The summed E-state index contributed by atoms with van der Waals surface area (Å²) in [6.07, 6.45) is 1.71. The van der Waals surface area contributed by atoms with Crippen LogP contribution in [0.25, 0.3) is 21.3 Å². The zero-order valence-electron chi connectivity index (χ0n) is 17.1. The molecule has 0 radical (unpaired) electrons. The Morgan fingerprint density at radius 3 is 2.90 bits per heavy atom. The zero-order chi connectivity index (χ0) is 21.3. The quantitative estimate of drug-likeness (QED) is 0.517. The molecule has 1 aliphatic carbocycles. The largest absolute Gasteiger partial charge is 0.389 e. The van der Waals surface area contributed by atoms with Crippen molar-refractivity contribution in [3.63, 3.8) is 0 Å². The summed E-state index contributed by atoms with van der Waals surface area (Å²) in [6.45, 7) is 5.20. The Bertz CT molecular complexity index is 1080. The molecule has 2 N–H and O–H groups in total. The van der Waals surface area contributed by atoms with Crippen LogP contribution in [0.4, 0.5) is 0 Å². The SMILES string of the molecule is CC(C)OCC(O)CN(Cc1nc2scc(-c3cccc(Cl)c3)c2c(=O)[nH]1)C1CC1. The van der Waals surface area contributed by atoms with Crippen LogP contribution in [0.5, 0.6) is 0 Å². The number of nitrogens with one attached hydrogen (secondary N) is 1. The molecule has 1 aliphatic rings. The third-order valence-electron chi connectivity index (χ3n) is 5.11. The Morgan fingerprint density at radius 2 is 2.20 bits per heavy atom. The number of aromatic amines is 1. The maximum atomic E-state index is 12.9. The van der Waals surface area contributed by atoms with E-state index in [2.05, 4.69) is 9.88 Å². The van der Waals surface area contributed by atoms with Gasteiger partial charge in [0.2, 0.25) is 0 Å². The number of fused-ring (bicyclic) bond motifs is 1. The van der Waals surface area contributed by atoms with Crippen LogP contribution in [0.15, 0.2) is 34.4 Å². The molecule has 1 unspecified atom stereocenters. The molecule has 0 amide bonds. The Labute approximate surface area is 184 Å². The third-order valence-corrected chi connectivity index (χ3v) is 6.22. The third kappa shape index (κ3) is 5.10. The number of halogens is 1. The highest BCUT2D eigenvalue weighted by atomic mass is 35.5. The summed E-state index contributed by atoms with van der Waals surface area (Å²) in [5.74, 6) is 0.621. The van der Waals surface area contributed by atoms with Crippen molar-refractivity contribution >= 4 is 33.2 Å². The van der Waals surface area contributed by atoms with Gasteiger partial charge in [0.25, 0.3) is 5.56 Å². The first-order valence-electron chi connectivity index (χ1n) is 10.2. The lowest BCUT2D eigenvalue weighted by Crippen LogP contribution is -2.37. The monoisotopic (exact) mass is 447 g/mol. The van der Waals surface area contributed by atoms with Crippen LogP contribution in [0.3, 0.4) is 0 Å². The van der Waals surface area contributed by atoms with Crippen LogP contribution < -0.4 is 5.56 Å². The maximum Gasteiger partial charge on any atom is 0.260 e. The molecule has 160 valence electrons. The average molecular weight is 448 g/mol. The van der Waals surface area contributed by atoms with E-state index in [1.165, 1.54) is 11.3 Å². The van der Waals surface area contributed by atoms with Crippen molar-refractivity contribution in [2.45, 2.75) is 51.5 Å². The van der Waals surface area contributed by atoms with Gasteiger partial charge in [0, 0.05) is 28.6 Å². The van der Waals surface area contributed by atoms with Crippen LogP contribution in [0, 0.1) is 0 Å². The number of aromatic nitrogens is 2. The highest BCUT2D eigenvalue weighted by Gasteiger charge is 2.31. The van der Waals surface area contributed by atoms with Gasteiger partial charge in [0.1, 0.15) is 10.7 Å². The first-order chi connectivity index (χ1) is 14.4. The molecule has 0 spiro atoms. The van der Waals surface area contributed by atoms with Gasteiger partial charge in [-0.05, 0) is 44.4 Å². The molecule has 1 fully saturated rings. The summed E-state index contributed by atoms with van der Waals surface area (Å²) in [4.78, 5) is 23.5. The first kappa shape index (κ1) is 21.5. The fraction of sp³-hybridized carbons (Fsp3) is 0.455. The van der Waals surface area contributed by atoms with E-state index in [-0.39, 0.29) is 11.7 Å². The summed E-state index contributed by atoms with van der Waals surface area (Å²) in [7, 11) is 0. The Balaban J connectivity index is 1.55. The molecule has 6 nitrogen and oxygen atoms in total. The molecular weight excluding hydrogens is 422 g/mol. The molecule has 2 aromatic heterocycles. The normalized spacial score (nSPS) is 15.4. The lowest BCUT2D eigenvalue weighted by molar-refractivity contribution is -0.0110. The van der Waals surface area contributed by atoms with Crippen molar-refractivity contribution in [1.29, 1.82) is 0 Å². The molecule has 1 saturated carbocycles. The summed E-state index contributed by atoms with van der Waals surface area (Å²) < 4.78 is 5.53. The molecular formula is C22H26ClN3O3S. The van der Waals surface area contributed by atoms with E-state index in [1.807, 2.05) is 43.5 Å². The fourth-order valence-corrected chi connectivity index (χ4v) is 4.70. The van der Waals surface area contributed by atoms with Crippen LogP contribution in [-0.2, 0) is 11.3 Å². The van der Waals surface area contributed by atoms with Crippen LogP contribution in [-0.4, -0.2) is 51.4 Å². The van der Waals surface area contributed by atoms with E-state index in [0.717, 1.165) is 24.0 Å². The Morgan fingerprint density at radius 1 is 1.40 bits per heavy atom. The van der Waals surface area contributed by atoms with E-state index in [9.17, 15) is 9.90 Å². The van der Waals surface area contributed by atoms with Gasteiger partial charge in [-0.2, -0.15) is 0 Å². The minimum Gasteiger partial charge on any atom is -0.389 e. The highest BCUT2D eigenvalue weighted by Crippen LogP contribution is 2.32. The number of hydrogen-bond acceptors (Lipinski definition) is 6. The zero-order valence-corrected chi connectivity index (χ0v) is 18.7. The van der Waals surface area contributed by atoms with Gasteiger partial charge in [-0.25, -0.2) is 4.98 Å². The smallest absolute Gasteiger partial charge is 0.260 e. The van der Waals surface area contributed by atoms with Crippen molar-refractivity contribution in [2.24, 2.45) is 0 Å². The van der Waals surface area contributed by atoms with Crippen molar-refractivity contribution in [3.8, 4) is 11.1 Å². The molecule has 3 aromatic rings. The van der Waals surface area contributed by atoms with Crippen LogP contribution in [0.2, 0.25) is 5.02 Å². The standard InChI is InChI=1S/C22H26ClN3O3S/c1-13(2)29-11-17(27)9-26(16-6-7-16)10-19-24-21(28)20-18(12-30-22(20)25-19)14-4-3-5-15(23)8-14/h3-5,8,12-13,16-17,27H,6-7,9-11H2,1-2H3,(H,24,25,28). The molecule has 1 aromatic carbocycles. The lowest BCUT2D eigenvalue weighted by Gasteiger charge is -2.24. The number of rotatable bonds is 9. The molecule has 0 bridgehead atoms. The molecule has 2 heterocycles. The molecule has 0 saturated heterocycles. The number of hydrogen-bond donors (Lipinski definition) is 2. The van der Waals surface area contributed by atoms with Crippen LogP contribution in [0.1, 0.15) is 32.5 Å². The van der Waals surface area contributed by atoms with Crippen molar-refractivity contribution in [1.82, 2.24) is 14.9 Å². The van der Waals surface area contributed by atoms with E-state index < -0.39 is 6.10 Å². The molecule has 1 atom stereocenters. The second-order valence-electron chi connectivity index (χ2n) is 8.05. The predicted octanol–water partition coefficient (Wildman–Crippen LogP) is 4.06. The number of nitrogens with zero attached hydrogens (tertiary/aromatic N) is 2. The second-order valence-corrected chi connectivity index (χ2v) is 9.34. The average Bonchev–Trinajstić information content (AvgIpc) is 3.45. The highest BCUT2D eigenvalue weighted by molar-refractivity contribution is 7.17. The molecule has 30 heavy (non-hydrogen) atoms. The number of aliphatic hydroxyl groups excluding tert-OH is 1. The van der Waals surface area contributed by atoms with E-state index in [0.29, 0.717) is 46.8 Å². The van der Waals surface area contributed by atoms with Gasteiger partial charge >= 0.3 is 0 Å². The van der Waals surface area contributed by atoms with Gasteiger partial charge in [-0.15, -0.1) is 11.3 Å². The number of aliphatic hydroxyl groups is 1. The number of H-pyrrole nitrogens is 1. The minimum absolute atomic E-state index is 0.0852. The van der Waals surface area contributed by atoms with Crippen molar-refractivity contribution in [2.75, 3.05) is 13.2 Å². The summed E-state index contributed by atoms with van der Waals surface area (Å²) in [6, 6.07) is 7.90. The number of thiophene rings is 1. The summed E-state index contributed by atoms with van der Waals surface area (Å²) >= 11 is 7.58. The second kappa shape index (κ2) is 9.16. The van der Waals surface area contributed by atoms with Crippen molar-refractivity contribution < 1.29 is 9.84 Å². The van der Waals surface area contributed by atoms with E-state index in [4.69, 9.17) is 21.3 Å². The lowest BCUT2D eigenvalue weighted by atomic mass is 10.1. The maximum absolute atomic E-state index is 12.9. The van der Waals surface area contributed by atoms with Gasteiger partial charge in [-0.3, -0.25) is 9.69 Å². The predicted molar refractivity (Wildman–Crippen MR) is 121 cm³/mol. The molecule has 8 heteroatoms. The van der Waals surface area contributed by atoms with E-state index >= 15 is 0 Å². The number of ether oxygens (including phenoxy) is 1. The summed E-state index contributed by atoms with van der Waals surface area (Å²) in [5, 5.41) is 13.5. The van der Waals surface area contributed by atoms with Gasteiger partial charge in [0.15, 0.2) is 0 Å². The molecule has 0 aliphatic heterocycles. The number of benzene rings is 1.